The van der Waals surface area contributed by atoms with Gasteiger partial charge in [0.25, 0.3) is 16.7 Å². The number of phosphoric acid groups is 1. The van der Waals surface area contributed by atoms with Gasteiger partial charge in [0, 0.05) is 141 Å². The Morgan fingerprint density at radius 3 is 0.959 bits per heavy atom. The number of phosphoric ester groups is 1. The minimum atomic E-state index is -4.77. The lowest BCUT2D eigenvalue weighted by Crippen LogP contribution is -2.36. The first-order valence-corrected chi connectivity index (χ1v) is 36.0. The first-order valence-electron chi connectivity index (χ1n) is 32.1. The van der Waals surface area contributed by atoms with Crippen LogP contribution >= 0.6 is 55.6 Å². The third kappa shape index (κ3) is 14.3. The van der Waals surface area contributed by atoms with Crippen LogP contribution in [0.5, 0.6) is 0 Å². The molecule has 3 fully saturated rings. The summed E-state index contributed by atoms with van der Waals surface area (Å²) in [6, 6.07) is 40.2. The molecule has 0 atom stereocenters. The van der Waals surface area contributed by atoms with Gasteiger partial charge < -0.3 is 56.3 Å². The number of anilines is 3. The number of rotatable bonds is 21. The van der Waals surface area contributed by atoms with E-state index in [1.807, 2.05) is 128 Å². The fourth-order valence-electron chi connectivity index (χ4n) is 12.9. The quantitative estimate of drug-likeness (QED) is 0.0614. The Kier molecular flexibility index (Phi) is 19.1. The van der Waals surface area contributed by atoms with Crippen molar-refractivity contribution in [3.63, 3.8) is 0 Å². The molecule has 12 aromatic rings. The molecule has 3 aliphatic rings. The van der Waals surface area contributed by atoms with E-state index in [2.05, 4.69) is 62.5 Å². The molecule has 26 heteroatoms. The summed E-state index contributed by atoms with van der Waals surface area (Å²) >= 11 is 10.7. The number of benzene rings is 3. The lowest BCUT2D eigenvalue weighted by atomic mass is 10.1. The molecule has 0 N–H and O–H groups in total. The minimum absolute atomic E-state index is 0.204. The Morgan fingerprint density at radius 2 is 0.684 bits per heavy atom. The van der Waals surface area contributed by atoms with Crippen LogP contribution < -0.4 is 31.4 Å². The molecule has 12 heterocycles. The molecule has 3 saturated heterocycles. The van der Waals surface area contributed by atoms with Gasteiger partial charge in [-0.3, -0.25) is 28.0 Å². The number of nitrogens with zero attached hydrogens (tertiary/aromatic N) is 12. The summed E-state index contributed by atoms with van der Waals surface area (Å²) in [5, 5.41) is 2.17. The Hall–Kier alpha value is -8.59. The highest BCUT2D eigenvalue weighted by Crippen LogP contribution is 2.52. The molecule has 0 saturated carbocycles. The highest BCUT2D eigenvalue weighted by molar-refractivity contribution is 9.11. The van der Waals surface area contributed by atoms with Crippen molar-refractivity contribution in [3.05, 3.63) is 244 Å². The van der Waals surface area contributed by atoms with E-state index in [0.717, 1.165) is 63.3 Å². The van der Waals surface area contributed by atoms with E-state index >= 15 is 4.57 Å². The minimum Gasteiger partial charge on any atom is -0.378 e. The van der Waals surface area contributed by atoms with Crippen molar-refractivity contribution in [1.29, 1.82) is 0 Å². The number of hydrogen-bond acceptors (Lipinski definition) is 16. The summed E-state index contributed by atoms with van der Waals surface area (Å²) < 4.78 is 66.0. The zero-order valence-corrected chi connectivity index (χ0v) is 58.7. The molecule has 98 heavy (non-hydrogen) atoms. The number of morpholine rings is 3. The topological polar surface area (TPSA) is 202 Å². The SMILES string of the molecule is O=c1cc(-c2cn(COP(=O)(OCn3cc(-c4ccn(Cc5cccc(Br)c5)c(=O)c4)c4cc(N5CCOCC5)cnc43)OCn3cc(-c4ccn(Cc5cccc(Br)c5)c(=O)c4)c4cc(N5CCOCC5)cnc43)c3ncc(N4CCOCC4)cc23)ccn1Cc1cccc(Br)c1. The van der Waals surface area contributed by atoms with Crippen LogP contribution in [0, 0.1) is 0 Å². The van der Waals surface area contributed by atoms with E-state index in [4.69, 9.17) is 42.7 Å². The maximum absolute atomic E-state index is 16.1. The van der Waals surface area contributed by atoms with Crippen LogP contribution in [0.4, 0.5) is 17.1 Å². The summed E-state index contributed by atoms with van der Waals surface area (Å²) in [4.78, 5) is 63.9. The lowest BCUT2D eigenvalue weighted by molar-refractivity contribution is 0.0564. The molecule has 0 spiro atoms. The monoisotopic (exact) mass is 1530 g/mol. The maximum atomic E-state index is 16.1. The van der Waals surface area contributed by atoms with Crippen LogP contribution in [0.3, 0.4) is 0 Å². The summed E-state index contributed by atoms with van der Waals surface area (Å²) in [7, 11) is -4.77. The number of aromatic nitrogens is 9. The second-order valence-electron chi connectivity index (χ2n) is 24.3. The number of ether oxygens (including phenoxy) is 3. The lowest BCUT2D eigenvalue weighted by Gasteiger charge is -2.28. The first-order chi connectivity index (χ1) is 47.8. The molecule has 500 valence electrons. The summed E-state index contributed by atoms with van der Waals surface area (Å²) in [5.41, 5.74) is 10.4. The summed E-state index contributed by atoms with van der Waals surface area (Å²) in [6.07, 6.45) is 16.2. The predicted octanol–water partition coefficient (Wildman–Crippen LogP) is 12.6. The normalized spacial score (nSPS) is 14.7. The Morgan fingerprint density at radius 1 is 0.388 bits per heavy atom. The Labute approximate surface area is 587 Å². The van der Waals surface area contributed by atoms with Crippen LogP contribution in [0.25, 0.3) is 66.5 Å². The van der Waals surface area contributed by atoms with E-state index in [1.54, 1.807) is 82.8 Å². The highest BCUT2D eigenvalue weighted by Gasteiger charge is 2.31. The van der Waals surface area contributed by atoms with Crippen LogP contribution in [-0.4, -0.2) is 121 Å². The molecule has 0 aliphatic carbocycles. The highest BCUT2D eigenvalue weighted by atomic mass is 79.9. The number of hydrogen-bond donors (Lipinski definition) is 0. The molecule has 9 aromatic heterocycles. The van der Waals surface area contributed by atoms with E-state index in [0.29, 0.717) is 149 Å². The van der Waals surface area contributed by atoms with Gasteiger partial charge in [0.1, 0.15) is 37.1 Å². The zero-order valence-electron chi connectivity index (χ0n) is 53.1. The van der Waals surface area contributed by atoms with Crippen molar-refractivity contribution in [1.82, 2.24) is 42.4 Å². The standard InChI is InChI=1S/C72H66Br3N12O10P/c73-55-7-1-4-49(28-55)40-82-13-10-52(31-67(82)88)64-43-85(70-61(64)34-58(37-76-70)79-16-22-92-23-17-79)46-95-98(91,96-47-86-44-65(62-35-59(38-77-71(62)86)80-18-24-93-25-19-80)53-11-14-83(68(89)32-53)41-50-5-2-8-56(74)29-50)97-48-87-45-66(63-36-60(39-78-72(63)87)81-20-26-94-27-21-81)54-12-15-84(69(90)33-54)42-51-6-3-9-57(75)30-51/h1-15,28-39,43-45H,16-27,40-42,46-48H2. The number of halogens is 3. The maximum Gasteiger partial charge on any atom is 0.480 e. The number of pyridine rings is 6. The molecule has 0 radical (unpaired) electrons. The summed E-state index contributed by atoms with van der Waals surface area (Å²) in [5.74, 6) is 0. The zero-order chi connectivity index (χ0) is 66.9. The smallest absolute Gasteiger partial charge is 0.378 e. The van der Waals surface area contributed by atoms with E-state index in [9.17, 15) is 14.4 Å². The fraction of sp³-hybridized carbons (Fsp3) is 0.250. The van der Waals surface area contributed by atoms with E-state index < -0.39 is 7.82 Å². The van der Waals surface area contributed by atoms with Gasteiger partial charge in [-0.15, -0.1) is 0 Å². The van der Waals surface area contributed by atoms with Gasteiger partial charge in [-0.25, -0.2) is 19.5 Å². The molecular formula is C72H66Br3N12O10P. The van der Waals surface area contributed by atoms with Crippen LogP contribution in [0.1, 0.15) is 16.7 Å². The van der Waals surface area contributed by atoms with Gasteiger partial charge >= 0.3 is 7.82 Å². The average molecular weight is 1530 g/mol. The van der Waals surface area contributed by atoms with Gasteiger partial charge in [0.15, 0.2) is 0 Å². The van der Waals surface area contributed by atoms with Crippen molar-refractivity contribution in [2.24, 2.45) is 0 Å². The second kappa shape index (κ2) is 28.7. The van der Waals surface area contributed by atoms with Gasteiger partial charge in [-0.05, 0) is 106 Å². The van der Waals surface area contributed by atoms with Gasteiger partial charge in [0.2, 0.25) is 0 Å². The predicted molar refractivity (Wildman–Crippen MR) is 388 cm³/mol. The molecule has 0 bridgehead atoms. The summed E-state index contributed by atoms with van der Waals surface area (Å²) in [6.45, 7) is 7.29. The third-order valence-corrected chi connectivity index (χ3v) is 20.7. The number of fused-ring (bicyclic) bond motifs is 3. The van der Waals surface area contributed by atoms with Gasteiger partial charge in [0.05, 0.1) is 94.9 Å². The van der Waals surface area contributed by atoms with Crippen LogP contribution in [0.2, 0.25) is 0 Å². The second-order valence-corrected chi connectivity index (χ2v) is 28.7. The molecule has 0 unspecified atom stereocenters. The molecule has 3 aliphatic heterocycles. The van der Waals surface area contributed by atoms with Crippen LogP contribution in [-0.2, 0) is 72.2 Å². The third-order valence-electron chi connectivity index (χ3n) is 17.9. The molecule has 22 nitrogen and oxygen atoms in total. The Bertz CT molecular complexity index is 4700. The Balaban J connectivity index is 0.804. The largest absolute Gasteiger partial charge is 0.480 e. The van der Waals surface area contributed by atoms with E-state index in [1.165, 1.54) is 0 Å². The van der Waals surface area contributed by atoms with Gasteiger partial charge in [-0.2, -0.15) is 0 Å². The van der Waals surface area contributed by atoms with Gasteiger partial charge in [-0.1, -0.05) is 84.2 Å². The van der Waals surface area contributed by atoms with Crippen molar-refractivity contribution >= 4 is 106 Å². The molecule has 15 rings (SSSR count). The van der Waals surface area contributed by atoms with Crippen molar-refractivity contribution in [2.75, 3.05) is 93.6 Å². The molecule has 3 aromatic carbocycles. The van der Waals surface area contributed by atoms with E-state index in [-0.39, 0.29) is 36.9 Å². The van der Waals surface area contributed by atoms with Crippen molar-refractivity contribution in [2.45, 2.75) is 39.8 Å². The van der Waals surface area contributed by atoms with Crippen molar-refractivity contribution < 1.29 is 32.3 Å². The first kappa shape index (κ1) is 65.4. The fourth-order valence-corrected chi connectivity index (χ4v) is 15.2. The average Bonchev–Trinajstić information content (AvgIpc) is 1.64. The molecule has 0 amide bonds. The molecular weight excluding hydrogens is 1460 g/mol. The van der Waals surface area contributed by atoms with Crippen molar-refractivity contribution in [3.8, 4) is 33.4 Å². The van der Waals surface area contributed by atoms with Crippen LogP contribution in [0.15, 0.2) is 211 Å².